The zero-order valence-corrected chi connectivity index (χ0v) is 14.1. The van der Waals surface area contributed by atoms with Crippen LogP contribution in [0.4, 0.5) is 0 Å². The molecule has 1 aromatic rings. The average molecular weight is 436 g/mol. The zero-order chi connectivity index (χ0) is 13.6. The van der Waals surface area contributed by atoms with Crippen molar-refractivity contribution in [2.75, 3.05) is 0 Å². The number of carbonyl (C=O) groups is 1. The topological polar surface area (TPSA) is 40.5 Å². The fraction of sp³-hybridized carbons (Fsp3) is 0.500. The Bertz CT molecular complexity index is 508. The lowest BCUT2D eigenvalue weighted by Crippen LogP contribution is -2.48. The molecule has 0 spiro atoms. The number of aliphatic hydroxyl groups is 1. The molecular weight excluding hydrogens is 421 g/mol. The number of aliphatic hydroxyl groups excluding tert-OH is 1. The fourth-order valence-electron chi connectivity index (χ4n) is 3.28. The van der Waals surface area contributed by atoms with Crippen LogP contribution in [0, 0.1) is 3.57 Å². The number of hydrogen-bond donors (Lipinski definition) is 1. The molecule has 19 heavy (non-hydrogen) atoms. The van der Waals surface area contributed by atoms with Gasteiger partial charge in [0.25, 0.3) is 5.91 Å². The van der Waals surface area contributed by atoms with Crippen LogP contribution < -0.4 is 0 Å². The lowest BCUT2D eigenvalue weighted by atomic mass is 9.99. The summed E-state index contributed by atoms with van der Waals surface area (Å²) in [6, 6.07) is 6.26. The highest BCUT2D eigenvalue weighted by Gasteiger charge is 2.43. The van der Waals surface area contributed by atoms with Gasteiger partial charge in [-0.3, -0.25) is 4.79 Å². The van der Waals surface area contributed by atoms with Gasteiger partial charge in [0.2, 0.25) is 0 Å². The predicted octanol–water partition coefficient (Wildman–Crippen LogP) is 3.18. The summed E-state index contributed by atoms with van der Waals surface area (Å²) in [5.41, 5.74) is 0.736. The van der Waals surface area contributed by atoms with Gasteiger partial charge in [0.15, 0.2) is 0 Å². The molecule has 1 amide bonds. The van der Waals surface area contributed by atoms with Crippen molar-refractivity contribution in [3.05, 3.63) is 31.8 Å². The molecule has 1 N–H and O–H groups in total. The van der Waals surface area contributed by atoms with E-state index in [1.54, 1.807) is 0 Å². The van der Waals surface area contributed by atoms with Gasteiger partial charge in [-0.2, -0.15) is 0 Å². The highest BCUT2D eigenvalue weighted by Crippen LogP contribution is 2.37. The summed E-state index contributed by atoms with van der Waals surface area (Å²) in [6.07, 6.45) is 3.26. The van der Waals surface area contributed by atoms with E-state index in [0.29, 0.717) is 0 Å². The van der Waals surface area contributed by atoms with E-state index in [2.05, 4.69) is 38.5 Å². The predicted molar refractivity (Wildman–Crippen MR) is 85.1 cm³/mol. The second-order valence-electron chi connectivity index (χ2n) is 5.35. The third-order valence-electron chi connectivity index (χ3n) is 4.10. The summed E-state index contributed by atoms with van der Waals surface area (Å²) >= 11 is 5.69. The van der Waals surface area contributed by atoms with Crippen LogP contribution in [0.15, 0.2) is 22.7 Å². The number of nitrogens with zero attached hydrogens (tertiary/aromatic N) is 1. The van der Waals surface area contributed by atoms with Crippen LogP contribution in [-0.4, -0.2) is 34.1 Å². The molecule has 0 aromatic heterocycles. The van der Waals surface area contributed by atoms with Crippen molar-refractivity contribution in [2.24, 2.45) is 0 Å². The Labute approximate surface area is 134 Å². The number of halogens is 2. The summed E-state index contributed by atoms with van der Waals surface area (Å²) in [5.74, 6) is 0.102. The van der Waals surface area contributed by atoms with Crippen LogP contribution in [0.2, 0.25) is 0 Å². The van der Waals surface area contributed by atoms with Gasteiger partial charge in [0.1, 0.15) is 0 Å². The largest absolute Gasteiger partial charge is 0.393 e. The molecule has 0 saturated carbocycles. The van der Waals surface area contributed by atoms with Crippen LogP contribution in [0.1, 0.15) is 36.0 Å². The highest BCUT2D eigenvalue weighted by molar-refractivity contribution is 14.1. The van der Waals surface area contributed by atoms with E-state index in [9.17, 15) is 9.90 Å². The van der Waals surface area contributed by atoms with Gasteiger partial charge in [-0.25, -0.2) is 0 Å². The molecule has 0 radical (unpaired) electrons. The number of amides is 1. The molecule has 3 rings (SSSR count). The van der Waals surface area contributed by atoms with Gasteiger partial charge >= 0.3 is 0 Å². The van der Waals surface area contributed by atoms with Crippen LogP contribution >= 0.6 is 38.5 Å². The molecule has 2 aliphatic rings. The third kappa shape index (κ3) is 2.56. The summed E-state index contributed by atoms with van der Waals surface area (Å²) in [7, 11) is 0. The molecule has 2 fully saturated rings. The Hall–Kier alpha value is -0.140. The first kappa shape index (κ1) is 13.8. The van der Waals surface area contributed by atoms with Gasteiger partial charge in [-0.05, 0) is 82.4 Å². The van der Waals surface area contributed by atoms with E-state index in [1.165, 1.54) is 0 Å². The highest BCUT2D eigenvalue weighted by atomic mass is 127. The SMILES string of the molecule is O=C(c1cc(I)ccc1Br)N1C2CCC1CC(O)C2. The third-order valence-corrected chi connectivity index (χ3v) is 5.46. The van der Waals surface area contributed by atoms with Crippen LogP contribution in [0.25, 0.3) is 0 Å². The van der Waals surface area contributed by atoms with Crippen molar-refractivity contribution < 1.29 is 9.90 Å². The molecule has 102 valence electrons. The van der Waals surface area contributed by atoms with Crippen molar-refractivity contribution in [3.63, 3.8) is 0 Å². The molecule has 2 atom stereocenters. The summed E-state index contributed by atoms with van der Waals surface area (Å²) in [5, 5.41) is 9.81. The maximum Gasteiger partial charge on any atom is 0.255 e. The molecule has 2 unspecified atom stereocenters. The lowest BCUT2D eigenvalue weighted by Gasteiger charge is -2.37. The number of hydrogen-bond acceptors (Lipinski definition) is 2. The lowest BCUT2D eigenvalue weighted by molar-refractivity contribution is 0.0286. The molecule has 2 saturated heterocycles. The summed E-state index contributed by atoms with van der Waals surface area (Å²) < 4.78 is 1.91. The molecular formula is C14H15BrINO2. The Balaban J connectivity index is 1.90. The minimum Gasteiger partial charge on any atom is -0.393 e. The maximum absolute atomic E-state index is 12.8. The monoisotopic (exact) mass is 435 g/mol. The van der Waals surface area contributed by atoms with Crippen molar-refractivity contribution in [1.82, 2.24) is 4.90 Å². The normalized spacial score (nSPS) is 29.6. The molecule has 2 bridgehead atoms. The first-order valence-corrected chi connectivity index (χ1v) is 8.39. The van der Waals surface area contributed by atoms with Crippen LogP contribution in [-0.2, 0) is 0 Å². The van der Waals surface area contributed by atoms with Gasteiger partial charge in [0, 0.05) is 20.1 Å². The second kappa shape index (κ2) is 5.33. The van der Waals surface area contributed by atoms with Gasteiger partial charge < -0.3 is 10.0 Å². The van der Waals surface area contributed by atoms with Gasteiger partial charge in [0.05, 0.1) is 11.7 Å². The minimum absolute atomic E-state index is 0.102. The number of carbonyl (C=O) groups excluding carboxylic acids is 1. The smallest absolute Gasteiger partial charge is 0.255 e. The molecule has 0 aliphatic carbocycles. The quantitative estimate of drug-likeness (QED) is 0.688. The van der Waals surface area contributed by atoms with E-state index in [-0.39, 0.29) is 24.1 Å². The molecule has 5 heteroatoms. The first-order valence-electron chi connectivity index (χ1n) is 6.52. The van der Waals surface area contributed by atoms with Crippen molar-refractivity contribution in [3.8, 4) is 0 Å². The van der Waals surface area contributed by atoms with Crippen LogP contribution in [0.3, 0.4) is 0 Å². The molecule has 1 aromatic carbocycles. The number of benzene rings is 1. The van der Waals surface area contributed by atoms with Crippen molar-refractivity contribution in [2.45, 2.75) is 43.9 Å². The zero-order valence-electron chi connectivity index (χ0n) is 10.4. The summed E-state index contributed by atoms with van der Waals surface area (Å²) in [6.45, 7) is 0. The summed E-state index contributed by atoms with van der Waals surface area (Å²) in [4.78, 5) is 14.8. The van der Waals surface area contributed by atoms with E-state index in [4.69, 9.17) is 0 Å². The molecule has 3 nitrogen and oxygen atoms in total. The number of rotatable bonds is 1. The Morgan fingerprint density at radius 2 is 1.95 bits per heavy atom. The van der Waals surface area contributed by atoms with Crippen molar-refractivity contribution in [1.29, 1.82) is 0 Å². The molecule has 2 heterocycles. The van der Waals surface area contributed by atoms with E-state index in [0.717, 1.165) is 39.3 Å². The molecule has 2 aliphatic heterocycles. The number of fused-ring (bicyclic) bond motifs is 2. The van der Waals surface area contributed by atoms with Crippen LogP contribution in [0.5, 0.6) is 0 Å². The minimum atomic E-state index is -0.235. The Morgan fingerprint density at radius 1 is 1.32 bits per heavy atom. The van der Waals surface area contributed by atoms with E-state index < -0.39 is 0 Å². The van der Waals surface area contributed by atoms with E-state index in [1.807, 2.05) is 23.1 Å². The second-order valence-corrected chi connectivity index (χ2v) is 7.45. The van der Waals surface area contributed by atoms with Gasteiger partial charge in [-0.1, -0.05) is 0 Å². The maximum atomic E-state index is 12.8. The average Bonchev–Trinajstić information content (AvgIpc) is 2.64. The van der Waals surface area contributed by atoms with Gasteiger partial charge in [-0.15, -0.1) is 0 Å². The first-order chi connectivity index (χ1) is 9.06. The standard InChI is InChI=1S/C14H15BrINO2/c15-13-4-1-8(16)5-12(13)14(19)17-9-2-3-10(17)7-11(18)6-9/h1,4-5,9-11,18H,2-3,6-7H2. The Morgan fingerprint density at radius 3 is 2.58 bits per heavy atom. The number of piperidine rings is 1. The van der Waals surface area contributed by atoms with E-state index >= 15 is 0 Å². The fourth-order valence-corrected chi connectivity index (χ4v) is 4.19. The van der Waals surface area contributed by atoms with Crippen molar-refractivity contribution >= 4 is 44.4 Å². The Kier molecular flexibility index (Phi) is 3.88.